The molecule has 0 radical (unpaired) electrons. The molecule has 1 aromatic carbocycles. The van der Waals surface area contributed by atoms with E-state index in [4.69, 9.17) is 23.2 Å². The van der Waals surface area contributed by atoms with Crippen LogP contribution in [0.5, 0.6) is 5.75 Å². The summed E-state index contributed by atoms with van der Waals surface area (Å²) in [7, 11) is 0. The Morgan fingerprint density at radius 1 is 1.38 bits per heavy atom. The van der Waals surface area contributed by atoms with Crippen molar-refractivity contribution < 1.29 is 10.0 Å². The zero-order chi connectivity index (χ0) is 15.4. The van der Waals surface area contributed by atoms with Crippen LogP contribution in [0.3, 0.4) is 0 Å². The second-order valence-corrected chi connectivity index (χ2v) is 4.70. The molecule has 0 aliphatic heterocycles. The molecule has 9 heteroatoms. The highest BCUT2D eigenvalue weighted by Crippen LogP contribution is 2.26. The number of aromatic hydroxyl groups is 1. The summed E-state index contributed by atoms with van der Waals surface area (Å²) in [6, 6.07) is 5.38. The van der Waals surface area contributed by atoms with Gasteiger partial charge < -0.3 is 5.11 Å². The number of hydrogen-bond donors (Lipinski definition) is 2. The molecule has 2 rings (SSSR count). The summed E-state index contributed by atoms with van der Waals surface area (Å²) in [5.41, 5.74) is 2.61. The van der Waals surface area contributed by atoms with Crippen LogP contribution < -0.4 is 5.43 Å². The Balaban J connectivity index is 2.14. The van der Waals surface area contributed by atoms with E-state index in [-0.39, 0.29) is 5.02 Å². The largest absolute Gasteiger partial charge is 0.502 e. The lowest BCUT2D eigenvalue weighted by molar-refractivity contribution is -0.385. The topological polar surface area (TPSA) is 101 Å². The number of aromatic nitrogens is 1. The first-order valence-electron chi connectivity index (χ1n) is 5.55. The zero-order valence-electron chi connectivity index (χ0n) is 10.3. The SMILES string of the molecule is O=[N+]([O-])c1cc(/C=N/Nc2ncc(Cl)cc2Cl)ccc1O. The normalized spacial score (nSPS) is 10.8. The molecule has 108 valence electrons. The van der Waals surface area contributed by atoms with E-state index in [1.165, 1.54) is 36.7 Å². The van der Waals surface area contributed by atoms with Crippen LogP contribution in [0.25, 0.3) is 0 Å². The molecule has 0 unspecified atom stereocenters. The Morgan fingerprint density at radius 3 is 2.81 bits per heavy atom. The lowest BCUT2D eigenvalue weighted by atomic mass is 10.2. The van der Waals surface area contributed by atoms with Gasteiger partial charge in [0.2, 0.25) is 0 Å². The van der Waals surface area contributed by atoms with Crippen molar-refractivity contribution in [2.24, 2.45) is 5.10 Å². The number of hydrogen-bond acceptors (Lipinski definition) is 6. The Kier molecular flexibility index (Phi) is 4.56. The summed E-state index contributed by atoms with van der Waals surface area (Å²) in [6.07, 6.45) is 2.73. The van der Waals surface area contributed by atoms with E-state index in [9.17, 15) is 15.2 Å². The highest BCUT2D eigenvalue weighted by atomic mass is 35.5. The molecular formula is C12H8Cl2N4O3. The van der Waals surface area contributed by atoms with Crippen molar-refractivity contribution in [2.45, 2.75) is 0 Å². The molecule has 1 aromatic heterocycles. The van der Waals surface area contributed by atoms with Crippen molar-refractivity contribution >= 4 is 40.9 Å². The predicted molar refractivity (Wildman–Crippen MR) is 80.2 cm³/mol. The van der Waals surface area contributed by atoms with E-state index in [1.54, 1.807) is 0 Å². The van der Waals surface area contributed by atoms with Crippen molar-refractivity contribution in [1.29, 1.82) is 0 Å². The molecule has 0 saturated heterocycles. The van der Waals surface area contributed by atoms with Crippen LogP contribution in [0, 0.1) is 10.1 Å². The number of nitro benzene ring substituents is 1. The molecule has 0 amide bonds. The van der Waals surface area contributed by atoms with Gasteiger partial charge in [-0.15, -0.1) is 0 Å². The van der Waals surface area contributed by atoms with Gasteiger partial charge in [-0.1, -0.05) is 23.2 Å². The Hall–Kier alpha value is -2.38. The summed E-state index contributed by atoms with van der Waals surface area (Å²) < 4.78 is 0. The number of hydrazone groups is 1. The van der Waals surface area contributed by atoms with Crippen LogP contribution >= 0.6 is 23.2 Å². The van der Waals surface area contributed by atoms with Crippen LogP contribution in [0.4, 0.5) is 11.5 Å². The average Bonchev–Trinajstić information content (AvgIpc) is 2.42. The summed E-state index contributed by atoms with van der Waals surface area (Å²) in [4.78, 5) is 13.9. The van der Waals surface area contributed by atoms with Gasteiger partial charge in [0, 0.05) is 17.8 Å². The van der Waals surface area contributed by atoms with Gasteiger partial charge >= 0.3 is 5.69 Å². The number of anilines is 1. The molecule has 2 N–H and O–H groups in total. The molecule has 2 aromatic rings. The molecule has 0 fully saturated rings. The van der Waals surface area contributed by atoms with E-state index < -0.39 is 16.4 Å². The maximum atomic E-state index is 10.7. The Bertz CT molecular complexity index is 722. The van der Waals surface area contributed by atoms with Gasteiger partial charge in [-0.3, -0.25) is 15.5 Å². The van der Waals surface area contributed by atoms with Gasteiger partial charge in [0.25, 0.3) is 0 Å². The second kappa shape index (κ2) is 6.38. The van der Waals surface area contributed by atoms with Crippen molar-refractivity contribution in [1.82, 2.24) is 4.98 Å². The highest BCUT2D eigenvalue weighted by molar-refractivity contribution is 6.35. The van der Waals surface area contributed by atoms with Crippen molar-refractivity contribution in [3.05, 3.63) is 56.2 Å². The van der Waals surface area contributed by atoms with Gasteiger partial charge in [0.1, 0.15) is 0 Å². The molecule has 0 spiro atoms. The number of halogens is 2. The molecule has 1 heterocycles. The smallest absolute Gasteiger partial charge is 0.311 e. The van der Waals surface area contributed by atoms with Crippen LogP contribution in [0.1, 0.15) is 5.56 Å². The molecule has 0 atom stereocenters. The van der Waals surface area contributed by atoms with Crippen LogP contribution in [-0.2, 0) is 0 Å². The number of nitrogens with one attached hydrogen (secondary N) is 1. The fraction of sp³-hybridized carbons (Fsp3) is 0. The van der Waals surface area contributed by atoms with E-state index >= 15 is 0 Å². The second-order valence-electron chi connectivity index (χ2n) is 3.86. The molecule has 0 aliphatic rings. The van der Waals surface area contributed by atoms with E-state index in [2.05, 4.69) is 15.5 Å². The minimum atomic E-state index is -0.683. The van der Waals surface area contributed by atoms with Gasteiger partial charge in [-0.25, -0.2) is 4.98 Å². The fourth-order valence-corrected chi connectivity index (χ4v) is 1.85. The minimum absolute atomic E-state index is 0.288. The number of phenolic OH excluding ortho intramolecular Hbond substituents is 1. The third-order valence-electron chi connectivity index (χ3n) is 2.39. The highest BCUT2D eigenvalue weighted by Gasteiger charge is 2.12. The standard InChI is InChI=1S/C12H8Cl2N4O3/c13-8-4-9(14)12(15-6-8)17-16-5-7-1-2-11(19)10(3-7)18(20)21/h1-6,19H,(H,15,17)/b16-5+. The summed E-state index contributed by atoms with van der Waals surface area (Å²) in [5.74, 6) is -0.113. The maximum Gasteiger partial charge on any atom is 0.311 e. The lowest BCUT2D eigenvalue weighted by Gasteiger charge is -2.02. The lowest BCUT2D eigenvalue weighted by Crippen LogP contribution is -1.95. The van der Waals surface area contributed by atoms with Crippen LogP contribution in [0.2, 0.25) is 10.0 Å². The number of nitro groups is 1. The maximum absolute atomic E-state index is 10.7. The monoisotopic (exact) mass is 326 g/mol. The molecule has 0 aliphatic carbocycles. The number of benzene rings is 1. The van der Waals surface area contributed by atoms with E-state index in [1.807, 2.05) is 0 Å². The van der Waals surface area contributed by atoms with Crippen molar-refractivity contribution in [2.75, 3.05) is 5.43 Å². The number of rotatable bonds is 4. The van der Waals surface area contributed by atoms with Gasteiger partial charge in [0.05, 0.1) is 21.2 Å². The quantitative estimate of drug-likeness (QED) is 0.509. The molecule has 7 nitrogen and oxygen atoms in total. The minimum Gasteiger partial charge on any atom is -0.502 e. The van der Waals surface area contributed by atoms with Gasteiger partial charge in [-0.05, 0) is 18.2 Å². The van der Waals surface area contributed by atoms with E-state index in [0.717, 1.165) is 0 Å². The molecule has 0 saturated carbocycles. The molecule has 21 heavy (non-hydrogen) atoms. The molecular weight excluding hydrogens is 319 g/mol. The van der Waals surface area contributed by atoms with Crippen LogP contribution in [-0.4, -0.2) is 21.2 Å². The first kappa shape index (κ1) is 15.0. The molecule has 0 bridgehead atoms. The number of phenols is 1. The Morgan fingerprint density at radius 2 is 2.14 bits per heavy atom. The van der Waals surface area contributed by atoms with Crippen molar-refractivity contribution in [3.8, 4) is 5.75 Å². The van der Waals surface area contributed by atoms with E-state index in [0.29, 0.717) is 16.4 Å². The first-order chi connectivity index (χ1) is 9.97. The third-order valence-corrected chi connectivity index (χ3v) is 2.88. The van der Waals surface area contributed by atoms with Gasteiger partial charge in [0.15, 0.2) is 11.6 Å². The summed E-state index contributed by atoms with van der Waals surface area (Å²) in [5, 5.41) is 24.6. The Labute approximate surface area is 129 Å². The number of nitrogens with zero attached hydrogens (tertiary/aromatic N) is 3. The third kappa shape index (κ3) is 3.80. The predicted octanol–water partition coefficient (Wildman–Crippen LogP) is 3.45. The summed E-state index contributed by atoms with van der Waals surface area (Å²) >= 11 is 11.6. The average molecular weight is 327 g/mol. The number of pyridine rings is 1. The fourth-order valence-electron chi connectivity index (χ4n) is 1.43. The first-order valence-corrected chi connectivity index (χ1v) is 6.30. The van der Waals surface area contributed by atoms with Crippen molar-refractivity contribution in [3.63, 3.8) is 0 Å². The van der Waals surface area contributed by atoms with Crippen LogP contribution in [0.15, 0.2) is 35.6 Å². The zero-order valence-corrected chi connectivity index (χ0v) is 11.8. The van der Waals surface area contributed by atoms with Gasteiger partial charge in [-0.2, -0.15) is 5.10 Å². The summed E-state index contributed by atoms with van der Waals surface area (Å²) in [6.45, 7) is 0.